The third-order valence-electron chi connectivity index (χ3n) is 3.57. The molecule has 5 heteroatoms. The van der Waals surface area contributed by atoms with Gasteiger partial charge in [-0.15, -0.1) is 0 Å². The van der Waals surface area contributed by atoms with E-state index in [0.29, 0.717) is 11.4 Å². The first kappa shape index (κ1) is 14.3. The summed E-state index contributed by atoms with van der Waals surface area (Å²) in [6.07, 6.45) is 3.70. The van der Waals surface area contributed by atoms with Crippen LogP contribution in [-0.2, 0) is 16.4 Å². The SMILES string of the molecule is CCCCN(C)S(=O)(=O)c1cccc2c1CCCN2. The van der Waals surface area contributed by atoms with Gasteiger partial charge in [-0.1, -0.05) is 19.4 Å². The van der Waals surface area contributed by atoms with Gasteiger partial charge in [0.05, 0.1) is 4.90 Å². The molecule has 0 radical (unpaired) electrons. The van der Waals surface area contributed by atoms with E-state index in [4.69, 9.17) is 0 Å². The Morgan fingerprint density at radius 2 is 2.16 bits per heavy atom. The van der Waals surface area contributed by atoms with Crippen LogP contribution in [0.4, 0.5) is 5.69 Å². The topological polar surface area (TPSA) is 49.4 Å². The molecule has 19 heavy (non-hydrogen) atoms. The molecule has 1 aromatic carbocycles. The van der Waals surface area contributed by atoms with E-state index in [2.05, 4.69) is 12.2 Å². The first-order chi connectivity index (χ1) is 9.07. The van der Waals surface area contributed by atoms with Gasteiger partial charge in [0.1, 0.15) is 0 Å². The number of fused-ring (bicyclic) bond motifs is 1. The highest BCUT2D eigenvalue weighted by atomic mass is 32.2. The van der Waals surface area contributed by atoms with Crippen molar-refractivity contribution in [3.05, 3.63) is 23.8 Å². The molecular weight excluding hydrogens is 260 g/mol. The van der Waals surface area contributed by atoms with Crippen molar-refractivity contribution in [3.8, 4) is 0 Å². The van der Waals surface area contributed by atoms with Gasteiger partial charge >= 0.3 is 0 Å². The van der Waals surface area contributed by atoms with E-state index in [-0.39, 0.29) is 0 Å². The van der Waals surface area contributed by atoms with Gasteiger partial charge < -0.3 is 5.32 Å². The van der Waals surface area contributed by atoms with E-state index < -0.39 is 10.0 Å². The average Bonchev–Trinajstić information content (AvgIpc) is 2.43. The minimum absolute atomic E-state index is 0.468. The molecule has 0 saturated heterocycles. The summed E-state index contributed by atoms with van der Waals surface area (Å²) in [7, 11) is -1.69. The predicted molar refractivity (Wildman–Crippen MR) is 78.0 cm³/mol. The number of nitrogens with one attached hydrogen (secondary N) is 1. The van der Waals surface area contributed by atoms with Crippen LogP contribution in [0.3, 0.4) is 0 Å². The van der Waals surface area contributed by atoms with Crippen LogP contribution in [0, 0.1) is 0 Å². The average molecular weight is 282 g/mol. The maximum absolute atomic E-state index is 12.6. The highest BCUT2D eigenvalue weighted by Crippen LogP contribution is 2.29. The van der Waals surface area contributed by atoms with Crippen molar-refractivity contribution in [2.75, 3.05) is 25.5 Å². The minimum Gasteiger partial charge on any atom is -0.385 e. The maximum Gasteiger partial charge on any atom is 0.243 e. The van der Waals surface area contributed by atoms with Gasteiger partial charge in [-0.05, 0) is 37.0 Å². The van der Waals surface area contributed by atoms with Gasteiger partial charge in [-0.3, -0.25) is 0 Å². The standard InChI is InChI=1S/C14H22N2O2S/c1-3-4-11-16(2)19(17,18)14-9-5-8-13-12(14)7-6-10-15-13/h5,8-9,15H,3-4,6-7,10-11H2,1-2H3. The summed E-state index contributed by atoms with van der Waals surface area (Å²) in [5.41, 5.74) is 1.91. The number of hydrogen-bond acceptors (Lipinski definition) is 3. The van der Waals surface area contributed by atoms with E-state index in [1.54, 1.807) is 13.1 Å². The van der Waals surface area contributed by atoms with Crippen molar-refractivity contribution in [3.63, 3.8) is 0 Å². The van der Waals surface area contributed by atoms with Crippen molar-refractivity contribution in [2.45, 2.75) is 37.5 Å². The van der Waals surface area contributed by atoms with Gasteiger partial charge in [-0.25, -0.2) is 12.7 Å². The number of anilines is 1. The van der Waals surface area contributed by atoms with E-state index in [0.717, 1.165) is 43.5 Å². The molecule has 0 amide bonds. The Bertz CT molecular complexity index is 540. The lowest BCUT2D eigenvalue weighted by Crippen LogP contribution is -2.29. The lowest BCUT2D eigenvalue weighted by atomic mass is 10.0. The number of sulfonamides is 1. The normalized spacial score (nSPS) is 15.1. The Balaban J connectivity index is 2.35. The Labute approximate surface area is 115 Å². The van der Waals surface area contributed by atoms with Crippen molar-refractivity contribution in [2.24, 2.45) is 0 Å². The summed E-state index contributed by atoms with van der Waals surface area (Å²) in [4.78, 5) is 0.468. The fourth-order valence-corrected chi connectivity index (χ4v) is 3.87. The molecule has 0 bridgehead atoms. The Morgan fingerprint density at radius 1 is 1.37 bits per heavy atom. The summed E-state index contributed by atoms with van der Waals surface area (Å²) in [5, 5.41) is 3.27. The van der Waals surface area contributed by atoms with Crippen molar-refractivity contribution in [1.82, 2.24) is 4.31 Å². The lowest BCUT2D eigenvalue weighted by molar-refractivity contribution is 0.458. The Hall–Kier alpha value is -1.07. The maximum atomic E-state index is 12.6. The summed E-state index contributed by atoms with van der Waals surface area (Å²) in [6, 6.07) is 5.50. The van der Waals surface area contributed by atoms with Crippen LogP contribution in [0.2, 0.25) is 0 Å². The highest BCUT2D eigenvalue weighted by Gasteiger charge is 2.25. The number of unbranched alkanes of at least 4 members (excludes halogenated alkanes) is 1. The van der Waals surface area contributed by atoms with Crippen LogP contribution in [0.15, 0.2) is 23.1 Å². The van der Waals surface area contributed by atoms with Gasteiger partial charge in [0, 0.05) is 25.8 Å². The third kappa shape index (κ3) is 2.92. The highest BCUT2D eigenvalue weighted by molar-refractivity contribution is 7.89. The van der Waals surface area contributed by atoms with E-state index >= 15 is 0 Å². The molecule has 106 valence electrons. The molecular formula is C14H22N2O2S. The molecule has 0 aromatic heterocycles. The van der Waals surface area contributed by atoms with Crippen molar-refractivity contribution >= 4 is 15.7 Å². The fraction of sp³-hybridized carbons (Fsp3) is 0.571. The van der Waals surface area contributed by atoms with E-state index in [1.807, 2.05) is 12.1 Å². The van der Waals surface area contributed by atoms with Gasteiger partial charge in [0.25, 0.3) is 0 Å². The number of rotatable bonds is 5. The largest absolute Gasteiger partial charge is 0.385 e. The van der Waals surface area contributed by atoms with Crippen LogP contribution in [0.1, 0.15) is 31.7 Å². The minimum atomic E-state index is -3.36. The molecule has 0 spiro atoms. The zero-order valence-electron chi connectivity index (χ0n) is 11.6. The number of nitrogens with zero attached hydrogens (tertiary/aromatic N) is 1. The van der Waals surface area contributed by atoms with Crippen LogP contribution in [0.25, 0.3) is 0 Å². The molecule has 2 rings (SSSR count). The number of benzene rings is 1. The van der Waals surface area contributed by atoms with Gasteiger partial charge in [0.15, 0.2) is 0 Å². The molecule has 0 atom stereocenters. The number of hydrogen-bond donors (Lipinski definition) is 1. The zero-order chi connectivity index (χ0) is 13.9. The molecule has 1 aliphatic heterocycles. The van der Waals surface area contributed by atoms with Crippen LogP contribution >= 0.6 is 0 Å². The first-order valence-corrected chi connectivity index (χ1v) is 8.33. The second kappa shape index (κ2) is 5.92. The molecule has 1 aliphatic rings. The first-order valence-electron chi connectivity index (χ1n) is 6.89. The molecule has 0 unspecified atom stereocenters. The molecule has 4 nitrogen and oxygen atoms in total. The second-order valence-corrected chi connectivity index (χ2v) is 7.01. The Morgan fingerprint density at radius 3 is 2.89 bits per heavy atom. The molecule has 0 aliphatic carbocycles. The summed E-state index contributed by atoms with van der Waals surface area (Å²) in [5.74, 6) is 0. The Kier molecular flexibility index (Phi) is 4.47. The van der Waals surface area contributed by atoms with E-state index in [9.17, 15) is 8.42 Å². The summed E-state index contributed by atoms with van der Waals surface area (Å²) >= 11 is 0. The summed E-state index contributed by atoms with van der Waals surface area (Å²) < 4.78 is 26.7. The molecule has 1 aromatic rings. The third-order valence-corrected chi connectivity index (χ3v) is 5.51. The van der Waals surface area contributed by atoms with Crippen molar-refractivity contribution < 1.29 is 8.42 Å². The van der Waals surface area contributed by atoms with Crippen LogP contribution in [-0.4, -0.2) is 32.9 Å². The molecule has 0 saturated carbocycles. The summed E-state index contributed by atoms with van der Waals surface area (Å²) in [6.45, 7) is 3.56. The fourth-order valence-electron chi connectivity index (χ4n) is 2.39. The van der Waals surface area contributed by atoms with Crippen LogP contribution in [0.5, 0.6) is 0 Å². The van der Waals surface area contributed by atoms with Crippen LogP contribution < -0.4 is 5.32 Å². The molecule has 0 fully saturated rings. The molecule has 1 heterocycles. The lowest BCUT2D eigenvalue weighted by Gasteiger charge is -2.23. The van der Waals surface area contributed by atoms with Gasteiger partial charge in [0.2, 0.25) is 10.0 Å². The predicted octanol–water partition coefficient (Wildman–Crippen LogP) is 2.47. The quantitative estimate of drug-likeness (QED) is 0.902. The van der Waals surface area contributed by atoms with Crippen molar-refractivity contribution in [1.29, 1.82) is 0 Å². The zero-order valence-corrected chi connectivity index (χ0v) is 12.5. The smallest absolute Gasteiger partial charge is 0.243 e. The molecule has 1 N–H and O–H groups in total. The van der Waals surface area contributed by atoms with E-state index in [1.165, 1.54) is 4.31 Å². The monoisotopic (exact) mass is 282 g/mol. The second-order valence-electron chi connectivity index (χ2n) is 4.99. The van der Waals surface area contributed by atoms with Gasteiger partial charge in [-0.2, -0.15) is 0 Å².